The summed E-state index contributed by atoms with van der Waals surface area (Å²) >= 11 is 2.80. The largest absolute Gasteiger partial charge is 0.490 e. The highest BCUT2D eigenvalue weighted by Gasteiger charge is 2.10. The van der Waals surface area contributed by atoms with Crippen molar-refractivity contribution >= 4 is 26.4 Å². The van der Waals surface area contributed by atoms with Gasteiger partial charge in [-0.25, -0.2) is 0 Å². The Bertz CT molecular complexity index is 381. The minimum atomic E-state index is -0.281. The molecule has 1 N–H and O–H groups in total. The fourth-order valence-corrected chi connectivity index (χ4v) is 1.58. The summed E-state index contributed by atoms with van der Waals surface area (Å²) in [7, 11) is 0. The van der Waals surface area contributed by atoms with E-state index in [4.69, 9.17) is 9.47 Å². The number of ether oxygens (including phenoxy) is 2. The van der Waals surface area contributed by atoms with Gasteiger partial charge in [-0.1, -0.05) is 0 Å². The molecule has 0 aliphatic carbocycles. The molecule has 1 amide bonds. The Labute approximate surface area is 95.7 Å². The van der Waals surface area contributed by atoms with Crippen LogP contribution in [-0.4, -0.2) is 18.0 Å². The molecule has 2 rings (SSSR count). The first-order valence-corrected chi connectivity index (χ1v) is 5.41. The van der Waals surface area contributed by atoms with Crippen LogP contribution in [0.3, 0.4) is 0 Å². The van der Waals surface area contributed by atoms with Crippen LogP contribution in [-0.2, 0) is 0 Å². The van der Waals surface area contributed by atoms with Crippen molar-refractivity contribution in [3.8, 4) is 11.5 Å². The van der Waals surface area contributed by atoms with E-state index in [0.29, 0.717) is 24.7 Å². The predicted octanol–water partition coefficient (Wildman–Crippen LogP) is 2.77. The number of rotatable bonds is 1. The molecule has 0 unspecified atom stereocenters. The van der Waals surface area contributed by atoms with E-state index in [-0.39, 0.29) is 4.82 Å². The van der Waals surface area contributed by atoms with Crippen LogP contribution in [0.1, 0.15) is 6.42 Å². The zero-order valence-electron chi connectivity index (χ0n) is 7.96. The highest BCUT2D eigenvalue weighted by molar-refractivity contribution is 9.18. The van der Waals surface area contributed by atoms with Gasteiger partial charge >= 0.3 is 0 Å². The Balaban J connectivity index is 2.23. The minimum Gasteiger partial charge on any atom is -0.490 e. The molecule has 80 valence electrons. The number of fused-ring (bicyclic) bond motifs is 1. The molecule has 0 radical (unpaired) electrons. The molecule has 0 bridgehead atoms. The Morgan fingerprint density at radius 3 is 2.73 bits per heavy atom. The molecule has 0 saturated carbocycles. The SMILES string of the molecule is O=C(Br)Nc1ccc2c(c1)OCCCO2. The van der Waals surface area contributed by atoms with Gasteiger partial charge in [0.1, 0.15) is 0 Å². The van der Waals surface area contributed by atoms with Crippen LogP contribution in [0.25, 0.3) is 0 Å². The van der Waals surface area contributed by atoms with E-state index in [2.05, 4.69) is 21.2 Å². The summed E-state index contributed by atoms with van der Waals surface area (Å²) in [5.74, 6) is 1.39. The summed E-state index contributed by atoms with van der Waals surface area (Å²) < 4.78 is 10.9. The van der Waals surface area contributed by atoms with Crippen molar-refractivity contribution in [1.82, 2.24) is 0 Å². The van der Waals surface area contributed by atoms with E-state index in [1.807, 2.05) is 0 Å². The molecule has 1 aromatic carbocycles. The highest BCUT2D eigenvalue weighted by atomic mass is 79.9. The van der Waals surface area contributed by atoms with E-state index in [1.54, 1.807) is 18.2 Å². The van der Waals surface area contributed by atoms with Gasteiger partial charge in [0.05, 0.1) is 13.2 Å². The van der Waals surface area contributed by atoms with Crippen LogP contribution in [0.2, 0.25) is 0 Å². The van der Waals surface area contributed by atoms with Crippen molar-refractivity contribution in [1.29, 1.82) is 0 Å². The van der Waals surface area contributed by atoms with Crippen molar-refractivity contribution in [2.45, 2.75) is 6.42 Å². The van der Waals surface area contributed by atoms with Crippen LogP contribution in [0.5, 0.6) is 11.5 Å². The topological polar surface area (TPSA) is 47.6 Å². The number of halogens is 1. The molecular weight excluding hydrogens is 262 g/mol. The van der Waals surface area contributed by atoms with Gasteiger partial charge in [-0.3, -0.25) is 4.79 Å². The molecule has 15 heavy (non-hydrogen) atoms. The number of hydrogen-bond donors (Lipinski definition) is 1. The van der Waals surface area contributed by atoms with Crippen LogP contribution in [0, 0.1) is 0 Å². The number of carbonyl (C=O) groups is 1. The van der Waals surface area contributed by atoms with E-state index in [0.717, 1.165) is 12.2 Å². The molecular formula is C10H10BrNO3. The van der Waals surface area contributed by atoms with Crippen LogP contribution >= 0.6 is 15.9 Å². The molecule has 0 saturated heterocycles. The second-order valence-electron chi connectivity index (χ2n) is 3.11. The van der Waals surface area contributed by atoms with Gasteiger partial charge in [-0.05, 0) is 12.1 Å². The first-order valence-electron chi connectivity index (χ1n) is 4.62. The fourth-order valence-electron chi connectivity index (χ4n) is 1.35. The average molecular weight is 272 g/mol. The first-order chi connectivity index (χ1) is 7.25. The third-order valence-corrected chi connectivity index (χ3v) is 2.19. The van der Waals surface area contributed by atoms with Crippen LogP contribution in [0.4, 0.5) is 10.5 Å². The average Bonchev–Trinajstić information content (AvgIpc) is 2.41. The summed E-state index contributed by atoms with van der Waals surface area (Å²) in [6.07, 6.45) is 0.870. The molecule has 0 spiro atoms. The second-order valence-corrected chi connectivity index (χ2v) is 3.83. The second kappa shape index (κ2) is 4.53. The van der Waals surface area contributed by atoms with Crippen molar-refractivity contribution in [2.75, 3.05) is 18.5 Å². The van der Waals surface area contributed by atoms with Crippen molar-refractivity contribution in [3.05, 3.63) is 18.2 Å². The lowest BCUT2D eigenvalue weighted by molar-refractivity contribution is 0.270. The lowest BCUT2D eigenvalue weighted by atomic mass is 10.3. The molecule has 1 aromatic rings. The Morgan fingerprint density at radius 2 is 2.00 bits per heavy atom. The maximum absolute atomic E-state index is 10.8. The molecule has 0 aromatic heterocycles. The van der Waals surface area contributed by atoms with Gasteiger partial charge in [-0.15, -0.1) is 0 Å². The Morgan fingerprint density at radius 1 is 1.27 bits per heavy atom. The van der Waals surface area contributed by atoms with Gasteiger partial charge in [-0.2, -0.15) is 0 Å². The fraction of sp³-hybridized carbons (Fsp3) is 0.300. The van der Waals surface area contributed by atoms with E-state index in [1.165, 1.54) is 0 Å². The standard InChI is InChI=1S/C10H10BrNO3/c11-10(13)12-7-2-3-8-9(6-7)15-5-1-4-14-8/h2-3,6H,1,4-5H2,(H,12,13). The number of carbonyl (C=O) groups excluding carboxylic acids is 1. The molecule has 1 aliphatic heterocycles. The first kappa shape index (κ1) is 10.3. The Hall–Kier alpha value is -1.23. The van der Waals surface area contributed by atoms with Gasteiger partial charge in [0.25, 0.3) is 4.82 Å². The number of amides is 1. The monoisotopic (exact) mass is 271 g/mol. The van der Waals surface area contributed by atoms with Crippen molar-refractivity contribution in [3.63, 3.8) is 0 Å². The quantitative estimate of drug-likeness (QED) is 0.631. The summed E-state index contributed by atoms with van der Waals surface area (Å²) in [5, 5.41) is 2.62. The molecule has 5 heteroatoms. The third kappa shape index (κ3) is 2.62. The summed E-state index contributed by atoms with van der Waals surface area (Å²) in [6.45, 7) is 1.30. The highest BCUT2D eigenvalue weighted by Crippen LogP contribution is 2.32. The normalized spacial score (nSPS) is 14.2. The smallest absolute Gasteiger partial charge is 0.291 e. The van der Waals surface area contributed by atoms with Gasteiger partial charge in [0.2, 0.25) is 0 Å². The Kier molecular flexibility index (Phi) is 3.11. The van der Waals surface area contributed by atoms with Crippen LogP contribution in [0.15, 0.2) is 18.2 Å². The van der Waals surface area contributed by atoms with Gasteiger partial charge in [0, 0.05) is 34.1 Å². The number of benzene rings is 1. The maximum atomic E-state index is 10.8. The number of anilines is 1. The molecule has 0 atom stereocenters. The summed E-state index contributed by atoms with van der Waals surface area (Å²) in [6, 6.07) is 5.31. The number of nitrogens with one attached hydrogen (secondary N) is 1. The minimum absolute atomic E-state index is 0.281. The summed E-state index contributed by atoms with van der Waals surface area (Å²) in [4.78, 5) is 10.5. The maximum Gasteiger partial charge on any atom is 0.291 e. The van der Waals surface area contributed by atoms with Gasteiger partial charge < -0.3 is 14.8 Å². The van der Waals surface area contributed by atoms with Crippen LogP contribution < -0.4 is 14.8 Å². The zero-order chi connectivity index (χ0) is 10.7. The third-order valence-electron chi connectivity index (χ3n) is 1.99. The molecule has 1 aliphatic rings. The van der Waals surface area contributed by atoms with Gasteiger partial charge in [0.15, 0.2) is 11.5 Å². The zero-order valence-corrected chi connectivity index (χ0v) is 9.54. The van der Waals surface area contributed by atoms with Crippen molar-refractivity contribution in [2.24, 2.45) is 0 Å². The lowest BCUT2D eigenvalue weighted by Gasteiger charge is -2.08. The molecule has 4 nitrogen and oxygen atoms in total. The lowest BCUT2D eigenvalue weighted by Crippen LogP contribution is -2.01. The van der Waals surface area contributed by atoms with E-state index < -0.39 is 0 Å². The molecule has 1 heterocycles. The van der Waals surface area contributed by atoms with E-state index in [9.17, 15) is 4.79 Å². The number of hydrogen-bond acceptors (Lipinski definition) is 3. The molecule has 0 fully saturated rings. The summed E-state index contributed by atoms with van der Waals surface area (Å²) in [5.41, 5.74) is 0.682. The predicted molar refractivity (Wildman–Crippen MR) is 60.0 cm³/mol. The van der Waals surface area contributed by atoms with E-state index >= 15 is 0 Å². The van der Waals surface area contributed by atoms with Crippen molar-refractivity contribution < 1.29 is 14.3 Å².